The zero-order chi connectivity index (χ0) is 30.3. The van der Waals surface area contributed by atoms with E-state index in [4.69, 9.17) is 18.1 Å². The van der Waals surface area contributed by atoms with Gasteiger partial charge in [-0.15, -0.1) is 0 Å². The topological polar surface area (TPSA) is 34.5 Å². The second kappa shape index (κ2) is 10.6. The van der Waals surface area contributed by atoms with Crippen molar-refractivity contribution in [1.82, 2.24) is 9.97 Å². The van der Waals surface area contributed by atoms with Gasteiger partial charge >= 0.3 is 0 Å². The summed E-state index contributed by atoms with van der Waals surface area (Å²) in [7, 11) is -2.81. The molecule has 5 heteroatoms. The van der Waals surface area contributed by atoms with Crippen LogP contribution in [0.4, 0.5) is 11.4 Å². The molecule has 7 rings (SSSR count). The van der Waals surface area contributed by atoms with Crippen LogP contribution in [0.1, 0.15) is 25.0 Å². The van der Waals surface area contributed by atoms with Crippen LogP contribution in [-0.4, -0.2) is 18.0 Å². The fourth-order valence-electron chi connectivity index (χ4n) is 6.70. The third kappa shape index (κ3) is 4.18. The van der Waals surface area contributed by atoms with E-state index in [2.05, 4.69) is 113 Å². The quantitative estimate of drug-likeness (QED) is 0.126. The molecule has 0 saturated heterocycles. The van der Waals surface area contributed by atoms with Gasteiger partial charge in [0.25, 0.3) is 0 Å². The highest BCUT2D eigenvalue weighted by Gasteiger charge is 2.41. The summed E-state index contributed by atoms with van der Waals surface area (Å²) in [5, 5.41) is 4.84. The van der Waals surface area contributed by atoms with Gasteiger partial charge in [0.15, 0.2) is 19.4 Å². The Morgan fingerprint density at radius 1 is 0.545 bits per heavy atom. The minimum absolute atomic E-state index is 0.174. The van der Waals surface area contributed by atoms with Crippen molar-refractivity contribution in [3.05, 3.63) is 168 Å². The third-order valence-corrected chi connectivity index (χ3v) is 13.8. The second-order valence-electron chi connectivity index (χ2n) is 11.7. The number of hydrogen-bond acceptors (Lipinski definition) is 2. The highest BCUT2D eigenvalue weighted by molar-refractivity contribution is 7.19. The molecule has 0 amide bonds. The van der Waals surface area contributed by atoms with Gasteiger partial charge in [-0.2, -0.15) is 0 Å². The van der Waals surface area contributed by atoms with E-state index in [0.717, 1.165) is 22.5 Å². The van der Waals surface area contributed by atoms with Crippen LogP contribution in [0, 0.1) is 13.1 Å². The molecule has 0 atom stereocenters. The molecule has 0 aliphatic heterocycles. The van der Waals surface area contributed by atoms with Gasteiger partial charge in [-0.3, -0.25) is 9.97 Å². The summed E-state index contributed by atoms with van der Waals surface area (Å²) >= 11 is 0. The second-order valence-corrected chi connectivity index (χ2v) is 15.5. The number of hydrogen-bond donors (Lipinski definition) is 0. The van der Waals surface area contributed by atoms with Crippen molar-refractivity contribution in [3.8, 4) is 22.5 Å². The van der Waals surface area contributed by atoms with Crippen LogP contribution in [0.15, 0.2) is 134 Å². The first-order valence-electron chi connectivity index (χ1n) is 14.6. The van der Waals surface area contributed by atoms with E-state index in [9.17, 15) is 0 Å². The summed E-state index contributed by atoms with van der Waals surface area (Å²) in [6.45, 7) is 19.5. The summed E-state index contributed by atoms with van der Waals surface area (Å²) in [6, 6.07) is 42.1. The minimum Gasteiger partial charge on any atom is -0.254 e. The summed E-state index contributed by atoms with van der Waals surface area (Å²) in [5.41, 5.74) is 7.58. The SMILES string of the molecule is [C-]#[N+]c1ccc([Si](c2ccccc2)(c2ccc([N+]#[C-])cc2)c2ccc(-c3cnc4c(c3)C(C)(C)c3cccnc3-4)cc2)cc1. The van der Waals surface area contributed by atoms with Crippen molar-refractivity contribution >= 4 is 40.2 Å². The molecule has 208 valence electrons. The molecule has 0 saturated carbocycles. The largest absolute Gasteiger partial charge is 0.254 e. The molecular formula is C39H28N4Si. The highest BCUT2D eigenvalue weighted by atomic mass is 28.3. The molecule has 0 fully saturated rings. The molecule has 0 radical (unpaired) electrons. The molecule has 4 nitrogen and oxygen atoms in total. The zero-order valence-electron chi connectivity index (χ0n) is 24.5. The lowest BCUT2D eigenvalue weighted by Gasteiger charge is -2.34. The maximum atomic E-state index is 7.52. The van der Waals surface area contributed by atoms with Gasteiger partial charge in [0, 0.05) is 23.4 Å². The Labute approximate surface area is 259 Å². The van der Waals surface area contributed by atoms with E-state index in [1.807, 2.05) is 48.8 Å². The van der Waals surface area contributed by atoms with E-state index >= 15 is 0 Å². The molecule has 0 spiro atoms. The number of benzene rings is 4. The summed E-state index contributed by atoms with van der Waals surface area (Å²) in [4.78, 5) is 16.9. The molecule has 0 bridgehead atoms. The van der Waals surface area contributed by atoms with Crippen molar-refractivity contribution in [2.45, 2.75) is 19.3 Å². The van der Waals surface area contributed by atoms with Gasteiger partial charge < -0.3 is 0 Å². The average molecular weight is 581 g/mol. The highest BCUT2D eigenvalue weighted by Crippen LogP contribution is 2.47. The molecule has 0 N–H and O–H groups in total. The maximum Gasteiger partial charge on any atom is 0.187 e. The fourth-order valence-corrected chi connectivity index (χ4v) is 11.4. The van der Waals surface area contributed by atoms with Crippen molar-refractivity contribution in [1.29, 1.82) is 0 Å². The van der Waals surface area contributed by atoms with Crippen LogP contribution in [0.5, 0.6) is 0 Å². The Balaban J connectivity index is 1.40. The van der Waals surface area contributed by atoms with Crippen LogP contribution in [-0.2, 0) is 5.41 Å². The first kappa shape index (κ1) is 27.2. The van der Waals surface area contributed by atoms with E-state index < -0.39 is 8.07 Å². The Bertz CT molecular complexity index is 2030. The molecule has 1 aliphatic carbocycles. The third-order valence-electron chi connectivity index (χ3n) is 8.98. The van der Waals surface area contributed by atoms with Gasteiger partial charge in [-0.1, -0.05) is 123 Å². The molecule has 4 aromatic carbocycles. The molecule has 1 aliphatic rings. The summed E-state index contributed by atoms with van der Waals surface area (Å²) < 4.78 is 0. The Morgan fingerprint density at radius 2 is 1.07 bits per heavy atom. The molecule has 2 aromatic heterocycles. The van der Waals surface area contributed by atoms with Gasteiger partial charge in [-0.25, -0.2) is 9.69 Å². The molecule has 44 heavy (non-hydrogen) atoms. The minimum atomic E-state index is -2.81. The van der Waals surface area contributed by atoms with Crippen LogP contribution < -0.4 is 20.7 Å². The van der Waals surface area contributed by atoms with Gasteiger partial charge in [-0.05, 0) is 49.6 Å². The number of nitrogens with zero attached hydrogens (tertiary/aromatic N) is 4. The molecule has 6 aromatic rings. The van der Waals surface area contributed by atoms with Crippen LogP contribution in [0.25, 0.3) is 32.2 Å². The normalized spacial score (nSPS) is 12.9. The fraction of sp³-hybridized carbons (Fsp3) is 0.0769. The molecule has 2 heterocycles. The number of pyridine rings is 2. The van der Waals surface area contributed by atoms with E-state index in [1.54, 1.807) is 0 Å². The predicted molar refractivity (Wildman–Crippen MR) is 181 cm³/mol. The van der Waals surface area contributed by atoms with Crippen molar-refractivity contribution < 1.29 is 0 Å². The molecular weight excluding hydrogens is 553 g/mol. The van der Waals surface area contributed by atoms with Gasteiger partial charge in [0.2, 0.25) is 0 Å². The number of aromatic nitrogens is 2. The first-order valence-corrected chi connectivity index (χ1v) is 16.6. The van der Waals surface area contributed by atoms with E-state index in [0.29, 0.717) is 11.4 Å². The summed E-state index contributed by atoms with van der Waals surface area (Å²) in [6.07, 6.45) is 3.80. The molecule has 0 unspecified atom stereocenters. The average Bonchev–Trinajstić information content (AvgIpc) is 3.32. The maximum absolute atomic E-state index is 7.52. The van der Waals surface area contributed by atoms with Crippen molar-refractivity contribution in [3.63, 3.8) is 0 Å². The smallest absolute Gasteiger partial charge is 0.187 e. The lowest BCUT2D eigenvalue weighted by atomic mass is 9.82. The van der Waals surface area contributed by atoms with E-state index in [-0.39, 0.29) is 5.41 Å². The van der Waals surface area contributed by atoms with Crippen molar-refractivity contribution in [2.75, 3.05) is 0 Å². The van der Waals surface area contributed by atoms with Crippen LogP contribution in [0.3, 0.4) is 0 Å². The van der Waals surface area contributed by atoms with E-state index in [1.165, 1.54) is 31.9 Å². The zero-order valence-corrected chi connectivity index (χ0v) is 25.5. The standard InChI is InChI=1S/C39H28N4Si/c1-39(2)35-11-8-24-42-37(35)38-36(39)25-28(26-43-38)27-12-18-32(19-13-27)44(31-9-6-5-7-10-31,33-20-14-29(40-3)15-21-33)34-22-16-30(41-4)17-23-34/h5-26H,1-2H3. The van der Waals surface area contributed by atoms with Crippen LogP contribution in [0.2, 0.25) is 0 Å². The number of fused-ring (bicyclic) bond motifs is 3. The lowest BCUT2D eigenvalue weighted by molar-refractivity contribution is 0.658. The summed E-state index contributed by atoms with van der Waals surface area (Å²) in [5.74, 6) is 0. The lowest BCUT2D eigenvalue weighted by Crippen LogP contribution is -2.74. The Morgan fingerprint density at radius 3 is 1.64 bits per heavy atom. The Kier molecular flexibility index (Phi) is 6.55. The number of rotatable bonds is 5. The monoisotopic (exact) mass is 580 g/mol. The van der Waals surface area contributed by atoms with Crippen molar-refractivity contribution in [2.24, 2.45) is 0 Å². The van der Waals surface area contributed by atoms with Gasteiger partial charge in [0.05, 0.1) is 24.5 Å². The van der Waals surface area contributed by atoms with Gasteiger partial charge in [0.1, 0.15) is 0 Å². The predicted octanol–water partition coefficient (Wildman–Crippen LogP) is 6.93. The Hall–Kier alpha value is -5.62. The first-order chi connectivity index (χ1) is 21.5. The van der Waals surface area contributed by atoms with Crippen LogP contribution >= 0.6 is 0 Å².